The summed E-state index contributed by atoms with van der Waals surface area (Å²) in [4.78, 5) is 21.3. The minimum Gasteiger partial charge on any atom is -0.493 e. The van der Waals surface area contributed by atoms with Gasteiger partial charge >= 0.3 is 5.97 Å². The molecule has 0 saturated heterocycles. The molecule has 0 aromatic heterocycles. The third-order valence-electron chi connectivity index (χ3n) is 2.76. The zero-order valence-corrected chi connectivity index (χ0v) is 12.4. The molecule has 0 aliphatic heterocycles. The number of benzene rings is 1. The van der Waals surface area contributed by atoms with Crippen molar-refractivity contribution in [3.05, 3.63) is 46.5 Å². The molecule has 0 saturated carbocycles. The number of carbonyl (C=O) groups excluding carboxylic acids is 1. The second kappa shape index (κ2) is 9.51. The van der Waals surface area contributed by atoms with E-state index in [0.717, 1.165) is 0 Å². The molecule has 0 bridgehead atoms. The number of hydrogen-bond donors (Lipinski definition) is 0. The van der Waals surface area contributed by atoms with Crippen LogP contribution in [0.5, 0.6) is 5.75 Å². The number of esters is 1. The third kappa shape index (κ3) is 5.92. The summed E-state index contributed by atoms with van der Waals surface area (Å²) in [5.41, 5.74) is 0.549. The van der Waals surface area contributed by atoms with E-state index in [1.807, 2.05) is 0 Å². The van der Waals surface area contributed by atoms with Crippen LogP contribution in [0.2, 0.25) is 0 Å². The summed E-state index contributed by atoms with van der Waals surface area (Å²) in [6, 6.07) is 4.31. The fourth-order valence-electron chi connectivity index (χ4n) is 1.69. The molecule has 0 atom stereocenters. The molecule has 0 heterocycles. The van der Waals surface area contributed by atoms with Gasteiger partial charge in [-0.3, -0.25) is 14.9 Å². The summed E-state index contributed by atoms with van der Waals surface area (Å²) in [6.45, 7) is 4.36. The number of non-ortho nitro benzene ring substituents is 1. The van der Waals surface area contributed by atoms with E-state index in [4.69, 9.17) is 9.47 Å². The standard InChI is InChI=1S/C15H19NO6/c1-3-8-21-11-12-10-13(16(18)19)6-7-14(12)22-9-4-5-15(17)20-2/h3,6-7,10H,1,4-5,8-9,11H2,2H3. The van der Waals surface area contributed by atoms with Crippen LogP contribution in [0.4, 0.5) is 5.69 Å². The Bertz CT molecular complexity index is 529. The molecule has 7 nitrogen and oxygen atoms in total. The molecule has 0 aliphatic rings. The molecule has 0 aliphatic carbocycles. The second-order valence-corrected chi connectivity index (χ2v) is 4.38. The van der Waals surface area contributed by atoms with Gasteiger partial charge in [-0.2, -0.15) is 0 Å². The van der Waals surface area contributed by atoms with Crippen molar-refractivity contribution >= 4 is 11.7 Å². The van der Waals surface area contributed by atoms with Crippen molar-refractivity contribution in [3.8, 4) is 5.75 Å². The van der Waals surface area contributed by atoms with E-state index in [1.165, 1.54) is 25.3 Å². The first-order valence-electron chi connectivity index (χ1n) is 6.74. The van der Waals surface area contributed by atoms with Gasteiger partial charge in [0.15, 0.2) is 0 Å². The molecule has 0 N–H and O–H groups in total. The van der Waals surface area contributed by atoms with E-state index in [1.54, 1.807) is 6.08 Å². The van der Waals surface area contributed by atoms with E-state index < -0.39 is 4.92 Å². The Balaban J connectivity index is 2.67. The SMILES string of the molecule is C=CCOCc1cc([N+](=O)[O-])ccc1OCCCC(=O)OC. The van der Waals surface area contributed by atoms with Crippen LogP contribution in [0.15, 0.2) is 30.9 Å². The van der Waals surface area contributed by atoms with Gasteiger partial charge < -0.3 is 14.2 Å². The summed E-state index contributed by atoms with van der Waals surface area (Å²) in [5, 5.41) is 10.8. The molecule has 7 heteroatoms. The largest absolute Gasteiger partial charge is 0.493 e. The van der Waals surface area contributed by atoms with E-state index in [0.29, 0.717) is 30.9 Å². The monoisotopic (exact) mass is 309 g/mol. The maximum atomic E-state index is 11.0. The average molecular weight is 309 g/mol. The molecule has 0 amide bonds. The summed E-state index contributed by atoms with van der Waals surface area (Å²) in [7, 11) is 1.33. The highest BCUT2D eigenvalue weighted by Gasteiger charge is 2.12. The second-order valence-electron chi connectivity index (χ2n) is 4.38. The van der Waals surface area contributed by atoms with Gasteiger partial charge in [-0.05, 0) is 12.5 Å². The molecular weight excluding hydrogens is 290 g/mol. The van der Waals surface area contributed by atoms with Gasteiger partial charge in [0, 0.05) is 24.1 Å². The number of nitrogens with zero attached hydrogens (tertiary/aromatic N) is 1. The van der Waals surface area contributed by atoms with Crippen LogP contribution in [-0.4, -0.2) is 31.2 Å². The molecule has 0 fully saturated rings. The Morgan fingerprint density at radius 3 is 2.86 bits per heavy atom. The fraction of sp³-hybridized carbons (Fsp3) is 0.400. The minimum atomic E-state index is -0.474. The molecule has 0 unspecified atom stereocenters. The van der Waals surface area contributed by atoms with Crippen molar-refractivity contribution in [1.29, 1.82) is 0 Å². The number of methoxy groups -OCH3 is 1. The average Bonchev–Trinajstić information content (AvgIpc) is 2.52. The summed E-state index contributed by atoms with van der Waals surface area (Å²) >= 11 is 0. The molecule has 22 heavy (non-hydrogen) atoms. The lowest BCUT2D eigenvalue weighted by Crippen LogP contribution is -2.06. The van der Waals surface area contributed by atoms with Gasteiger partial charge in [0.2, 0.25) is 0 Å². The predicted molar refractivity (Wildman–Crippen MR) is 79.7 cm³/mol. The zero-order chi connectivity index (χ0) is 16.4. The molecule has 1 aromatic carbocycles. The number of rotatable bonds is 10. The molecular formula is C15H19NO6. The Hall–Kier alpha value is -2.41. The highest BCUT2D eigenvalue weighted by Crippen LogP contribution is 2.25. The van der Waals surface area contributed by atoms with Crippen LogP contribution in [0.3, 0.4) is 0 Å². The van der Waals surface area contributed by atoms with Crippen molar-refractivity contribution in [2.45, 2.75) is 19.4 Å². The van der Waals surface area contributed by atoms with Gasteiger partial charge in [0.05, 0.1) is 31.9 Å². The first-order valence-corrected chi connectivity index (χ1v) is 6.74. The maximum Gasteiger partial charge on any atom is 0.305 e. The van der Waals surface area contributed by atoms with E-state index in [-0.39, 0.29) is 24.7 Å². The van der Waals surface area contributed by atoms with Gasteiger partial charge in [0.1, 0.15) is 5.75 Å². The Labute approximate surface area is 128 Å². The van der Waals surface area contributed by atoms with Gasteiger partial charge in [-0.1, -0.05) is 6.08 Å². The molecule has 120 valence electrons. The summed E-state index contributed by atoms with van der Waals surface area (Å²) in [6.07, 6.45) is 2.34. The number of carbonyl (C=O) groups is 1. The van der Waals surface area contributed by atoms with Crippen LogP contribution < -0.4 is 4.74 Å². The summed E-state index contributed by atoms with van der Waals surface area (Å²) in [5.74, 6) is 0.196. The number of nitro benzene ring substituents is 1. The van der Waals surface area contributed by atoms with Gasteiger partial charge in [-0.15, -0.1) is 6.58 Å². The highest BCUT2D eigenvalue weighted by atomic mass is 16.6. The minimum absolute atomic E-state index is 0.0286. The van der Waals surface area contributed by atoms with Crippen LogP contribution >= 0.6 is 0 Å². The Morgan fingerprint density at radius 1 is 1.45 bits per heavy atom. The van der Waals surface area contributed by atoms with Gasteiger partial charge in [0.25, 0.3) is 5.69 Å². The van der Waals surface area contributed by atoms with Crippen molar-refractivity contribution < 1.29 is 23.9 Å². The van der Waals surface area contributed by atoms with Crippen molar-refractivity contribution in [1.82, 2.24) is 0 Å². The quantitative estimate of drug-likeness (QED) is 0.217. The number of hydrogen-bond acceptors (Lipinski definition) is 6. The Kier molecular flexibility index (Phi) is 7.63. The van der Waals surface area contributed by atoms with Crippen LogP contribution in [-0.2, 0) is 20.9 Å². The van der Waals surface area contributed by atoms with Crippen LogP contribution in [0.1, 0.15) is 18.4 Å². The number of nitro groups is 1. The Morgan fingerprint density at radius 2 is 2.23 bits per heavy atom. The van der Waals surface area contributed by atoms with E-state index in [9.17, 15) is 14.9 Å². The zero-order valence-electron chi connectivity index (χ0n) is 12.4. The predicted octanol–water partition coefficient (Wildman–Crippen LogP) is 2.63. The maximum absolute atomic E-state index is 11.0. The molecule has 0 spiro atoms. The highest BCUT2D eigenvalue weighted by molar-refractivity contribution is 5.69. The van der Waals surface area contributed by atoms with Gasteiger partial charge in [-0.25, -0.2) is 0 Å². The first-order chi connectivity index (χ1) is 10.6. The lowest BCUT2D eigenvalue weighted by Gasteiger charge is -2.11. The third-order valence-corrected chi connectivity index (χ3v) is 2.76. The normalized spacial score (nSPS) is 10.0. The van der Waals surface area contributed by atoms with E-state index >= 15 is 0 Å². The van der Waals surface area contributed by atoms with Crippen LogP contribution in [0, 0.1) is 10.1 Å². The van der Waals surface area contributed by atoms with E-state index in [2.05, 4.69) is 11.3 Å². The topological polar surface area (TPSA) is 87.9 Å². The lowest BCUT2D eigenvalue weighted by atomic mass is 10.2. The smallest absolute Gasteiger partial charge is 0.305 e. The van der Waals surface area contributed by atoms with Crippen molar-refractivity contribution in [3.63, 3.8) is 0 Å². The molecule has 1 aromatic rings. The fourth-order valence-corrected chi connectivity index (χ4v) is 1.69. The van der Waals surface area contributed by atoms with Crippen LogP contribution in [0.25, 0.3) is 0 Å². The molecule has 0 radical (unpaired) electrons. The lowest BCUT2D eigenvalue weighted by molar-refractivity contribution is -0.385. The van der Waals surface area contributed by atoms with Crippen molar-refractivity contribution in [2.75, 3.05) is 20.3 Å². The molecule has 1 rings (SSSR count). The van der Waals surface area contributed by atoms with Crippen molar-refractivity contribution in [2.24, 2.45) is 0 Å². The number of ether oxygens (including phenoxy) is 3. The summed E-state index contributed by atoms with van der Waals surface area (Å²) < 4.78 is 15.4. The first kappa shape index (κ1) is 17.6.